The summed E-state index contributed by atoms with van der Waals surface area (Å²) in [5.74, 6) is 1.37. The van der Waals surface area contributed by atoms with E-state index in [-0.39, 0.29) is 6.04 Å². The minimum absolute atomic E-state index is 0.0490. The molecule has 1 aromatic carbocycles. The lowest BCUT2D eigenvalue weighted by Crippen LogP contribution is -2.06. The summed E-state index contributed by atoms with van der Waals surface area (Å²) >= 11 is 3.32. The van der Waals surface area contributed by atoms with Gasteiger partial charge in [0, 0.05) is 11.3 Å². The van der Waals surface area contributed by atoms with Crippen LogP contribution >= 0.6 is 15.9 Å². The van der Waals surface area contributed by atoms with E-state index in [1.807, 2.05) is 44.2 Å². The van der Waals surface area contributed by atoms with E-state index >= 15 is 0 Å². The summed E-state index contributed by atoms with van der Waals surface area (Å²) in [6.45, 7) is 4.09. The van der Waals surface area contributed by atoms with Crippen molar-refractivity contribution in [1.29, 1.82) is 0 Å². The molecular weight excluding hydrogens is 334 g/mol. The Morgan fingerprint density at radius 2 is 2.10 bits per heavy atom. The Bertz CT molecular complexity index is 737. The minimum Gasteiger partial charge on any atom is -0.452 e. The van der Waals surface area contributed by atoms with Crippen molar-refractivity contribution in [2.75, 3.05) is 5.32 Å². The molecule has 0 bridgehead atoms. The molecule has 2 aromatic heterocycles. The van der Waals surface area contributed by atoms with Crippen LogP contribution in [0.15, 0.2) is 50.2 Å². The van der Waals surface area contributed by atoms with Gasteiger partial charge in [0.1, 0.15) is 5.76 Å². The van der Waals surface area contributed by atoms with E-state index in [1.165, 1.54) is 6.39 Å². The molecule has 0 aliphatic carbocycles. The lowest BCUT2D eigenvalue weighted by Gasteiger charge is -2.15. The number of rotatable bonds is 4. The maximum atomic E-state index is 5.57. The molecule has 5 nitrogen and oxygen atoms in total. The molecule has 3 aromatic rings. The first-order valence-electron chi connectivity index (χ1n) is 6.52. The van der Waals surface area contributed by atoms with Crippen LogP contribution in [0.1, 0.15) is 24.3 Å². The lowest BCUT2D eigenvalue weighted by atomic mass is 10.1. The smallest absolute Gasteiger partial charge is 0.247 e. The van der Waals surface area contributed by atoms with Gasteiger partial charge in [-0.1, -0.05) is 6.07 Å². The molecule has 3 rings (SSSR count). The van der Waals surface area contributed by atoms with Crippen LogP contribution in [0, 0.1) is 6.92 Å². The number of nitrogens with zero attached hydrogens (tertiary/aromatic N) is 2. The largest absolute Gasteiger partial charge is 0.452 e. The fourth-order valence-corrected chi connectivity index (χ4v) is 2.39. The molecule has 0 radical (unpaired) electrons. The first kappa shape index (κ1) is 13.9. The summed E-state index contributed by atoms with van der Waals surface area (Å²) in [5.41, 5.74) is 3.02. The predicted octanol–water partition coefficient (Wildman–Crippen LogP) is 4.57. The van der Waals surface area contributed by atoms with E-state index in [9.17, 15) is 0 Å². The fourth-order valence-electron chi connectivity index (χ4n) is 2.07. The fraction of sp³-hybridized carbons (Fsp3) is 0.200. The first-order chi connectivity index (χ1) is 10.1. The molecular formula is C15H14BrN3O2. The number of anilines is 1. The summed E-state index contributed by atoms with van der Waals surface area (Å²) in [5, 5.41) is 11.1. The molecule has 108 valence electrons. The van der Waals surface area contributed by atoms with Crippen LogP contribution in [0.5, 0.6) is 0 Å². The molecule has 0 spiro atoms. The van der Waals surface area contributed by atoms with Gasteiger partial charge in [-0.25, -0.2) is 0 Å². The second-order valence-corrected chi connectivity index (χ2v) is 5.56. The van der Waals surface area contributed by atoms with Crippen LogP contribution < -0.4 is 5.32 Å². The monoisotopic (exact) mass is 347 g/mol. The van der Waals surface area contributed by atoms with E-state index in [0.717, 1.165) is 27.2 Å². The molecule has 1 N–H and O–H groups in total. The second-order valence-electron chi connectivity index (χ2n) is 4.78. The Balaban J connectivity index is 1.86. The summed E-state index contributed by atoms with van der Waals surface area (Å²) in [7, 11) is 0. The Hall–Kier alpha value is -2.08. The highest BCUT2D eigenvalue weighted by Crippen LogP contribution is 2.28. The van der Waals surface area contributed by atoms with Crippen LogP contribution in [0.4, 0.5) is 5.69 Å². The van der Waals surface area contributed by atoms with Crippen molar-refractivity contribution in [2.24, 2.45) is 0 Å². The van der Waals surface area contributed by atoms with Gasteiger partial charge in [-0.05, 0) is 59.6 Å². The van der Waals surface area contributed by atoms with Crippen molar-refractivity contribution in [2.45, 2.75) is 19.9 Å². The maximum absolute atomic E-state index is 5.57. The topological polar surface area (TPSA) is 64.1 Å². The Morgan fingerprint density at radius 3 is 2.76 bits per heavy atom. The third-order valence-corrected chi connectivity index (χ3v) is 3.66. The van der Waals surface area contributed by atoms with Crippen molar-refractivity contribution >= 4 is 21.6 Å². The van der Waals surface area contributed by atoms with Crippen molar-refractivity contribution in [3.8, 4) is 11.5 Å². The van der Waals surface area contributed by atoms with Crippen molar-refractivity contribution < 1.29 is 8.83 Å². The number of aromatic nitrogens is 2. The highest BCUT2D eigenvalue weighted by atomic mass is 79.9. The lowest BCUT2D eigenvalue weighted by molar-refractivity contribution is 0.471. The molecule has 6 heteroatoms. The van der Waals surface area contributed by atoms with Gasteiger partial charge in [-0.2, -0.15) is 0 Å². The van der Waals surface area contributed by atoms with Gasteiger partial charge in [0.05, 0.1) is 6.04 Å². The summed E-state index contributed by atoms with van der Waals surface area (Å²) in [6.07, 6.45) is 1.32. The average molecular weight is 348 g/mol. The van der Waals surface area contributed by atoms with Gasteiger partial charge in [0.25, 0.3) is 0 Å². The summed E-state index contributed by atoms with van der Waals surface area (Å²) < 4.78 is 11.5. The highest BCUT2D eigenvalue weighted by Gasteiger charge is 2.12. The Morgan fingerprint density at radius 1 is 1.24 bits per heavy atom. The van der Waals surface area contributed by atoms with E-state index in [0.29, 0.717) is 5.89 Å². The molecule has 1 unspecified atom stereocenters. The van der Waals surface area contributed by atoms with Crippen LogP contribution in [-0.4, -0.2) is 10.2 Å². The predicted molar refractivity (Wildman–Crippen MR) is 82.9 cm³/mol. The molecule has 0 fully saturated rings. The van der Waals surface area contributed by atoms with E-state index < -0.39 is 0 Å². The van der Waals surface area contributed by atoms with Gasteiger partial charge < -0.3 is 14.2 Å². The van der Waals surface area contributed by atoms with Crippen LogP contribution in [0.25, 0.3) is 11.5 Å². The number of nitrogens with one attached hydrogen (secondary N) is 1. The number of furan rings is 1. The zero-order valence-corrected chi connectivity index (χ0v) is 13.2. The molecule has 0 aliphatic rings. The molecule has 1 atom stereocenters. The zero-order chi connectivity index (χ0) is 14.8. The van der Waals surface area contributed by atoms with Crippen LogP contribution in [0.3, 0.4) is 0 Å². The van der Waals surface area contributed by atoms with Crippen molar-refractivity contribution in [1.82, 2.24) is 10.2 Å². The second kappa shape index (κ2) is 5.73. The van der Waals surface area contributed by atoms with Crippen molar-refractivity contribution in [3.05, 3.63) is 52.7 Å². The molecule has 0 saturated carbocycles. The van der Waals surface area contributed by atoms with Gasteiger partial charge in [0.2, 0.25) is 12.3 Å². The van der Waals surface area contributed by atoms with Crippen molar-refractivity contribution in [3.63, 3.8) is 0 Å². The van der Waals surface area contributed by atoms with Gasteiger partial charge in [-0.3, -0.25) is 0 Å². The Labute approximate surface area is 130 Å². The van der Waals surface area contributed by atoms with Gasteiger partial charge in [-0.15, -0.1) is 10.2 Å². The standard InChI is InChI=1S/C15H14BrN3O2/c1-9-3-4-11(15-19-17-8-20-15)7-12(9)18-10(2)13-5-6-14(16)21-13/h3-8,10,18H,1-2H3. The third-order valence-electron chi connectivity index (χ3n) is 3.24. The van der Waals surface area contributed by atoms with E-state index in [4.69, 9.17) is 8.83 Å². The Kier molecular flexibility index (Phi) is 3.79. The summed E-state index contributed by atoms with van der Waals surface area (Å²) in [6, 6.07) is 9.85. The molecule has 0 amide bonds. The normalized spacial score (nSPS) is 12.3. The third kappa shape index (κ3) is 3.00. The van der Waals surface area contributed by atoms with Crippen LogP contribution in [-0.2, 0) is 0 Å². The summed E-state index contributed by atoms with van der Waals surface area (Å²) in [4.78, 5) is 0. The van der Waals surface area contributed by atoms with Gasteiger partial charge in [0.15, 0.2) is 4.67 Å². The number of hydrogen-bond donors (Lipinski definition) is 1. The van der Waals surface area contributed by atoms with Gasteiger partial charge >= 0.3 is 0 Å². The molecule has 2 heterocycles. The SMILES string of the molecule is Cc1ccc(-c2nnco2)cc1NC(C)c1ccc(Br)o1. The highest BCUT2D eigenvalue weighted by molar-refractivity contribution is 9.10. The van der Waals surface area contributed by atoms with E-state index in [2.05, 4.69) is 31.4 Å². The molecule has 21 heavy (non-hydrogen) atoms. The van der Waals surface area contributed by atoms with E-state index in [1.54, 1.807) is 0 Å². The maximum Gasteiger partial charge on any atom is 0.247 e. The number of benzene rings is 1. The van der Waals surface area contributed by atoms with Crippen LogP contribution in [0.2, 0.25) is 0 Å². The minimum atomic E-state index is 0.0490. The number of aryl methyl sites for hydroxylation is 1. The number of hydrogen-bond acceptors (Lipinski definition) is 5. The molecule has 0 aliphatic heterocycles. The zero-order valence-electron chi connectivity index (χ0n) is 11.6. The first-order valence-corrected chi connectivity index (χ1v) is 7.32. The molecule has 0 saturated heterocycles. The number of halogens is 1. The average Bonchev–Trinajstić information content (AvgIpc) is 3.12. The quantitative estimate of drug-likeness (QED) is 0.748.